The molecule has 1 amide bonds. The number of ether oxygens (including phenoxy) is 1. The Bertz CT molecular complexity index is 504. The van der Waals surface area contributed by atoms with Gasteiger partial charge < -0.3 is 9.64 Å². The maximum absolute atomic E-state index is 12.1. The highest BCUT2D eigenvalue weighted by Crippen LogP contribution is 2.18. The van der Waals surface area contributed by atoms with Gasteiger partial charge in [0.2, 0.25) is 5.91 Å². The number of carbonyl (C=O) groups is 1. The molecule has 21 heavy (non-hydrogen) atoms. The molecule has 1 unspecified atom stereocenters. The average molecular weight is 307 g/mol. The standard InChI is InChI=1S/C16H19ClN2O2/c17-14-5-7-15(8-6-14)21-11-3-4-13(12-18)16(20)19-9-1-2-10-19/h5-8,13H,1-4,9-11H2. The minimum Gasteiger partial charge on any atom is -0.494 e. The Labute approximate surface area is 130 Å². The Morgan fingerprint density at radius 3 is 2.62 bits per heavy atom. The van der Waals surface area contributed by atoms with Gasteiger partial charge in [0, 0.05) is 18.1 Å². The summed E-state index contributed by atoms with van der Waals surface area (Å²) in [5, 5.41) is 9.82. The summed E-state index contributed by atoms with van der Waals surface area (Å²) in [6.45, 7) is 2.07. The van der Waals surface area contributed by atoms with Gasteiger partial charge in [-0.1, -0.05) is 11.6 Å². The summed E-state index contributed by atoms with van der Waals surface area (Å²) in [6, 6.07) is 9.27. The van der Waals surface area contributed by atoms with Crippen LogP contribution in [0.25, 0.3) is 0 Å². The van der Waals surface area contributed by atoms with Gasteiger partial charge in [0.15, 0.2) is 0 Å². The van der Waals surface area contributed by atoms with Gasteiger partial charge in [-0.2, -0.15) is 5.26 Å². The third kappa shape index (κ3) is 4.64. The molecule has 1 heterocycles. The Kier molecular flexibility index (Phi) is 5.89. The van der Waals surface area contributed by atoms with Crippen molar-refractivity contribution in [1.82, 2.24) is 4.90 Å². The van der Waals surface area contributed by atoms with E-state index in [1.54, 1.807) is 29.2 Å². The molecule has 1 aromatic carbocycles. The van der Waals surface area contributed by atoms with Crippen LogP contribution in [0, 0.1) is 17.2 Å². The zero-order valence-electron chi connectivity index (χ0n) is 11.9. The van der Waals surface area contributed by atoms with Gasteiger partial charge in [-0.3, -0.25) is 4.79 Å². The molecule has 1 aromatic rings. The van der Waals surface area contributed by atoms with Crippen LogP contribution in [0.2, 0.25) is 5.02 Å². The van der Waals surface area contributed by atoms with Gasteiger partial charge in [0.05, 0.1) is 12.7 Å². The van der Waals surface area contributed by atoms with E-state index in [9.17, 15) is 4.79 Å². The molecule has 2 rings (SSSR count). The van der Waals surface area contributed by atoms with E-state index in [1.807, 2.05) is 0 Å². The van der Waals surface area contributed by atoms with Crippen LogP contribution in [0.5, 0.6) is 5.75 Å². The molecule has 5 heteroatoms. The van der Waals surface area contributed by atoms with Crippen LogP contribution in [0.4, 0.5) is 0 Å². The third-order valence-electron chi connectivity index (χ3n) is 3.59. The molecule has 112 valence electrons. The van der Waals surface area contributed by atoms with Crippen LogP contribution >= 0.6 is 11.6 Å². The van der Waals surface area contributed by atoms with Crippen molar-refractivity contribution in [2.75, 3.05) is 19.7 Å². The van der Waals surface area contributed by atoms with Gasteiger partial charge in [-0.05, 0) is 49.9 Å². The Morgan fingerprint density at radius 2 is 2.00 bits per heavy atom. The van der Waals surface area contributed by atoms with E-state index in [0.717, 1.165) is 31.7 Å². The number of rotatable bonds is 6. The molecule has 0 N–H and O–H groups in total. The van der Waals surface area contributed by atoms with Crippen molar-refractivity contribution in [2.24, 2.45) is 5.92 Å². The second-order valence-electron chi connectivity index (χ2n) is 5.16. The topological polar surface area (TPSA) is 53.3 Å². The SMILES string of the molecule is N#CC(CCCOc1ccc(Cl)cc1)C(=O)N1CCCC1. The predicted molar refractivity (Wildman–Crippen MR) is 81.1 cm³/mol. The van der Waals surface area contributed by atoms with Gasteiger partial charge in [-0.15, -0.1) is 0 Å². The largest absolute Gasteiger partial charge is 0.494 e. The van der Waals surface area contributed by atoms with Crippen LogP contribution in [-0.4, -0.2) is 30.5 Å². The average Bonchev–Trinajstić information content (AvgIpc) is 3.03. The summed E-state index contributed by atoms with van der Waals surface area (Å²) in [5.74, 6) is 0.178. The molecule has 0 aromatic heterocycles. The molecule has 1 fully saturated rings. The monoisotopic (exact) mass is 306 g/mol. The van der Waals surface area contributed by atoms with Crippen molar-refractivity contribution in [1.29, 1.82) is 5.26 Å². The normalized spacial score (nSPS) is 15.5. The summed E-state index contributed by atoms with van der Waals surface area (Å²) in [4.78, 5) is 13.9. The zero-order chi connectivity index (χ0) is 15.1. The van der Waals surface area contributed by atoms with E-state index < -0.39 is 5.92 Å². The number of amides is 1. The highest BCUT2D eigenvalue weighted by molar-refractivity contribution is 6.30. The summed E-state index contributed by atoms with van der Waals surface area (Å²) in [5.41, 5.74) is 0. The number of nitrogens with zero attached hydrogens (tertiary/aromatic N) is 2. The fourth-order valence-electron chi connectivity index (χ4n) is 2.41. The maximum Gasteiger partial charge on any atom is 0.239 e. The first-order valence-corrected chi connectivity index (χ1v) is 7.65. The predicted octanol–water partition coefficient (Wildman–Crippen LogP) is 3.26. The van der Waals surface area contributed by atoms with Crippen LogP contribution in [0.3, 0.4) is 0 Å². The minimum absolute atomic E-state index is 0.0264. The van der Waals surface area contributed by atoms with Gasteiger partial charge >= 0.3 is 0 Å². The van der Waals surface area contributed by atoms with Crippen molar-refractivity contribution in [3.05, 3.63) is 29.3 Å². The van der Waals surface area contributed by atoms with Crippen LogP contribution in [0.15, 0.2) is 24.3 Å². The second-order valence-corrected chi connectivity index (χ2v) is 5.60. The lowest BCUT2D eigenvalue weighted by molar-refractivity contribution is -0.132. The molecule has 1 aliphatic rings. The van der Waals surface area contributed by atoms with Crippen LogP contribution < -0.4 is 4.74 Å². The smallest absolute Gasteiger partial charge is 0.239 e. The maximum atomic E-state index is 12.1. The van der Waals surface area contributed by atoms with Gasteiger partial charge in [0.25, 0.3) is 0 Å². The van der Waals surface area contributed by atoms with Crippen molar-refractivity contribution < 1.29 is 9.53 Å². The van der Waals surface area contributed by atoms with E-state index in [0.29, 0.717) is 24.5 Å². The fraction of sp³-hybridized carbons (Fsp3) is 0.500. The molecular formula is C16H19ClN2O2. The van der Waals surface area contributed by atoms with E-state index in [4.69, 9.17) is 21.6 Å². The molecular weight excluding hydrogens is 288 g/mol. The summed E-state index contributed by atoms with van der Waals surface area (Å²) < 4.78 is 5.57. The molecule has 0 saturated carbocycles. The summed E-state index contributed by atoms with van der Waals surface area (Å²) in [7, 11) is 0. The number of likely N-dealkylation sites (tertiary alicyclic amines) is 1. The minimum atomic E-state index is -0.545. The third-order valence-corrected chi connectivity index (χ3v) is 3.84. The van der Waals surface area contributed by atoms with Crippen LogP contribution in [-0.2, 0) is 4.79 Å². The number of benzene rings is 1. The van der Waals surface area contributed by atoms with E-state index >= 15 is 0 Å². The van der Waals surface area contributed by atoms with Crippen LogP contribution in [0.1, 0.15) is 25.7 Å². The number of carbonyl (C=O) groups excluding carboxylic acids is 1. The fourth-order valence-corrected chi connectivity index (χ4v) is 2.54. The Hall–Kier alpha value is -1.73. The Balaban J connectivity index is 1.72. The van der Waals surface area contributed by atoms with Crippen molar-refractivity contribution in [3.63, 3.8) is 0 Å². The second kappa shape index (κ2) is 7.90. The van der Waals surface area contributed by atoms with Crippen molar-refractivity contribution in [3.8, 4) is 11.8 Å². The number of hydrogen-bond acceptors (Lipinski definition) is 3. The lowest BCUT2D eigenvalue weighted by Gasteiger charge is -2.18. The van der Waals surface area contributed by atoms with E-state index in [-0.39, 0.29) is 5.91 Å². The lowest BCUT2D eigenvalue weighted by atomic mass is 10.0. The number of hydrogen-bond donors (Lipinski definition) is 0. The molecule has 4 nitrogen and oxygen atoms in total. The van der Waals surface area contributed by atoms with Gasteiger partial charge in [-0.25, -0.2) is 0 Å². The number of halogens is 1. The molecule has 0 aliphatic carbocycles. The quantitative estimate of drug-likeness (QED) is 0.758. The van der Waals surface area contributed by atoms with E-state index in [2.05, 4.69) is 6.07 Å². The van der Waals surface area contributed by atoms with E-state index in [1.165, 1.54) is 0 Å². The molecule has 0 radical (unpaired) electrons. The first kappa shape index (κ1) is 15.7. The van der Waals surface area contributed by atoms with Gasteiger partial charge in [0.1, 0.15) is 11.7 Å². The lowest BCUT2D eigenvalue weighted by Crippen LogP contribution is -2.33. The highest BCUT2D eigenvalue weighted by atomic mass is 35.5. The highest BCUT2D eigenvalue weighted by Gasteiger charge is 2.25. The molecule has 1 saturated heterocycles. The first-order chi connectivity index (χ1) is 10.2. The van der Waals surface area contributed by atoms with Crippen molar-refractivity contribution >= 4 is 17.5 Å². The Morgan fingerprint density at radius 1 is 1.33 bits per heavy atom. The summed E-state index contributed by atoms with van der Waals surface area (Å²) >= 11 is 5.80. The molecule has 1 atom stereocenters. The molecule has 1 aliphatic heterocycles. The van der Waals surface area contributed by atoms with Crippen molar-refractivity contribution in [2.45, 2.75) is 25.7 Å². The molecule has 0 bridgehead atoms. The number of nitriles is 1. The first-order valence-electron chi connectivity index (χ1n) is 7.27. The zero-order valence-corrected chi connectivity index (χ0v) is 12.7. The summed E-state index contributed by atoms with van der Waals surface area (Å²) in [6.07, 6.45) is 3.31. The molecule has 0 spiro atoms.